The number of nitrogens with two attached hydrogens (primary N) is 1. The number of nitrogen functional groups attached to an aromatic ring is 1. The Labute approximate surface area is 127 Å². The molecule has 2 rings (SSSR count). The van der Waals surface area contributed by atoms with Gasteiger partial charge in [-0.3, -0.25) is 4.68 Å². The predicted octanol–water partition coefficient (Wildman–Crippen LogP) is 0.969. The third-order valence-corrected chi connectivity index (χ3v) is 4.58. The number of anilines is 1. The quantitative estimate of drug-likeness (QED) is 0.850. The number of halogens is 1. The third-order valence-electron chi connectivity index (χ3n) is 2.64. The number of benzene rings is 1. The van der Waals surface area contributed by atoms with E-state index in [-0.39, 0.29) is 16.5 Å². The Morgan fingerprint density at radius 1 is 1.48 bits per heavy atom. The highest BCUT2D eigenvalue weighted by Gasteiger charge is 2.17. The molecule has 21 heavy (non-hydrogen) atoms. The molecule has 0 atom stereocenters. The van der Waals surface area contributed by atoms with Crippen molar-refractivity contribution in [2.24, 2.45) is 0 Å². The number of hydrogen-bond donors (Lipinski definition) is 2. The summed E-state index contributed by atoms with van der Waals surface area (Å²) in [6.07, 6.45) is 3.08. The molecule has 9 heteroatoms. The van der Waals surface area contributed by atoms with Crippen molar-refractivity contribution in [1.29, 1.82) is 5.26 Å². The molecule has 0 spiro atoms. The zero-order chi connectivity index (χ0) is 15.5. The zero-order valence-electron chi connectivity index (χ0n) is 10.8. The highest BCUT2D eigenvalue weighted by Crippen LogP contribution is 2.22. The smallest absolute Gasteiger partial charge is 0.242 e. The van der Waals surface area contributed by atoms with E-state index >= 15 is 0 Å². The molecule has 1 aromatic heterocycles. The molecule has 0 aliphatic carbocycles. The van der Waals surface area contributed by atoms with E-state index in [1.54, 1.807) is 6.20 Å². The average Bonchev–Trinajstić information content (AvgIpc) is 2.83. The van der Waals surface area contributed by atoms with Gasteiger partial charge in [0.15, 0.2) is 0 Å². The lowest BCUT2D eigenvalue weighted by Gasteiger charge is -2.08. The lowest BCUT2D eigenvalue weighted by Crippen LogP contribution is -2.27. The van der Waals surface area contributed by atoms with Gasteiger partial charge >= 0.3 is 0 Å². The van der Waals surface area contributed by atoms with Crippen LogP contribution in [0.4, 0.5) is 5.69 Å². The lowest BCUT2D eigenvalue weighted by molar-refractivity contribution is 0.561. The zero-order valence-corrected chi connectivity index (χ0v) is 12.4. The summed E-state index contributed by atoms with van der Waals surface area (Å²) in [6, 6.07) is 5.90. The molecule has 110 valence electrons. The van der Waals surface area contributed by atoms with Gasteiger partial charge in [-0.05, 0) is 18.2 Å². The van der Waals surface area contributed by atoms with Crippen LogP contribution < -0.4 is 10.5 Å². The van der Waals surface area contributed by atoms with Crippen molar-refractivity contribution >= 4 is 27.3 Å². The van der Waals surface area contributed by atoms with E-state index < -0.39 is 10.0 Å². The lowest BCUT2D eigenvalue weighted by atomic mass is 10.2. The van der Waals surface area contributed by atoms with E-state index in [1.165, 1.54) is 29.1 Å². The number of aromatic nitrogens is 2. The van der Waals surface area contributed by atoms with Crippen LogP contribution in [-0.4, -0.2) is 24.7 Å². The molecule has 1 heterocycles. The van der Waals surface area contributed by atoms with Gasteiger partial charge in [0.2, 0.25) is 10.0 Å². The molecule has 0 fully saturated rings. The maximum absolute atomic E-state index is 12.1. The molecule has 7 nitrogen and oxygen atoms in total. The molecular weight excluding hydrogens is 314 g/mol. The number of nitrogens with one attached hydrogen (secondary N) is 1. The molecule has 0 bridgehead atoms. The second kappa shape index (κ2) is 6.13. The summed E-state index contributed by atoms with van der Waals surface area (Å²) >= 11 is 5.89. The van der Waals surface area contributed by atoms with Crippen LogP contribution in [0.25, 0.3) is 0 Å². The first-order chi connectivity index (χ1) is 9.92. The molecule has 3 N–H and O–H groups in total. The first-order valence-electron chi connectivity index (χ1n) is 5.89. The number of rotatable bonds is 5. The molecule has 2 aromatic rings. The van der Waals surface area contributed by atoms with Gasteiger partial charge in [0, 0.05) is 12.7 Å². The fourth-order valence-electron chi connectivity index (χ4n) is 1.66. The Morgan fingerprint density at radius 2 is 2.24 bits per heavy atom. The van der Waals surface area contributed by atoms with Crippen LogP contribution >= 0.6 is 11.6 Å². The van der Waals surface area contributed by atoms with Crippen molar-refractivity contribution in [2.45, 2.75) is 11.4 Å². The fraction of sp³-hybridized carbons (Fsp3) is 0.167. The van der Waals surface area contributed by atoms with Crippen LogP contribution in [0.15, 0.2) is 35.5 Å². The van der Waals surface area contributed by atoms with Crippen molar-refractivity contribution < 1.29 is 8.42 Å². The van der Waals surface area contributed by atoms with Crippen LogP contribution in [0.3, 0.4) is 0 Å². The van der Waals surface area contributed by atoms with Crippen LogP contribution in [0.5, 0.6) is 0 Å². The van der Waals surface area contributed by atoms with Crippen LogP contribution in [0.1, 0.15) is 5.56 Å². The summed E-state index contributed by atoms with van der Waals surface area (Å²) in [6.45, 7) is 0.476. The number of nitrogens with zero attached hydrogens (tertiary/aromatic N) is 3. The van der Waals surface area contributed by atoms with Crippen molar-refractivity contribution in [3.63, 3.8) is 0 Å². The topological polar surface area (TPSA) is 114 Å². The van der Waals surface area contributed by atoms with Gasteiger partial charge in [-0.1, -0.05) is 11.6 Å². The highest BCUT2D eigenvalue weighted by atomic mass is 35.5. The summed E-state index contributed by atoms with van der Waals surface area (Å²) in [4.78, 5) is -0.0665. The maximum Gasteiger partial charge on any atom is 0.242 e. The molecule has 0 saturated carbocycles. The molecule has 0 radical (unpaired) electrons. The normalized spacial score (nSPS) is 11.2. The second-order valence-electron chi connectivity index (χ2n) is 4.19. The minimum absolute atomic E-state index is 0.00452. The second-order valence-corrected chi connectivity index (χ2v) is 6.33. The van der Waals surface area contributed by atoms with Crippen molar-refractivity contribution in [2.75, 3.05) is 12.3 Å². The predicted molar refractivity (Wildman–Crippen MR) is 78.0 cm³/mol. The van der Waals surface area contributed by atoms with E-state index in [4.69, 9.17) is 22.6 Å². The average molecular weight is 326 g/mol. The number of sulfonamides is 1. The van der Waals surface area contributed by atoms with E-state index in [2.05, 4.69) is 9.82 Å². The largest absolute Gasteiger partial charge is 0.396 e. The van der Waals surface area contributed by atoms with Gasteiger partial charge in [-0.2, -0.15) is 10.4 Å². The minimum Gasteiger partial charge on any atom is -0.396 e. The highest BCUT2D eigenvalue weighted by molar-refractivity contribution is 7.89. The van der Waals surface area contributed by atoms with Gasteiger partial charge in [0.05, 0.1) is 35.1 Å². The summed E-state index contributed by atoms with van der Waals surface area (Å²) in [7, 11) is -3.74. The van der Waals surface area contributed by atoms with Gasteiger partial charge in [-0.25, -0.2) is 13.1 Å². The minimum atomic E-state index is -3.74. The summed E-state index contributed by atoms with van der Waals surface area (Å²) in [5.41, 5.74) is 6.31. The van der Waals surface area contributed by atoms with Gasteiger partial charge in [0.1, 0.15) is 4.90 Å². The number of hydrogen-bond acceptors (Lipinski definition) is 5. The Balaban J connectivity index is 2.06. The molecular formula is C12H12ClN5O2S. The molecule has 0 aliphatic rings. The fourth-order valence-corrected chi connectivity index (χ4v) is 3.23. The SMILES string of the molecule is N#Cc1ccc(S(=O)(=O)NCCn2cc(N)cn2)c(Cl)c1. The van der Waals surface area contributed by atoms with E-state index in [0.717, 1.165) is 0 Å². The van der Waals surface area contributed by atoms with Crippen molar-refractivity contribution in [1.82, 2.24) is 14.5 Å². The summed E-state index contributed by atoms with van der Waals surface area (Å²) in [5.74, 6) is 0. The maximum atomic E-state index is 12.1. The standard InChI is InChI=1S/C12H12ClN5O2S/c13-11-5-9(6-14)1-2-12(11)21(19,20)17-3-4-18-8-10(15)7-16-18/h1-2,5,7-8,17H,3-4,15H2. The van der Waals surface area contributed by atoms with E-state index in [1.807, 2.05) is 6.07 Å². The first kappa shape index (κ1) is 15.3. The van der Waals surface area contributed by atoms with Gasteiger partial charge in [0.25, 0.3) is 0 Å². The molecule has 0 saturated heterocycles. The van der Waals surface area contributed by atoms with Crippen molar-refractivity contribution in [3.8, 4) is 6.07 Å². The third kappa shape index (κ3) is 3.72. The van der Waals surface area contributed by atoms with Gasteiger partial charge in [-0.15, -0.1) is 0 Å². The molecule has 0 unspecified atom stereocenters. The number of nitriles is 1. The van der Waals surface area contributed by atoms with Crippen LogP contribution in [-0.2, 0) is 16.6 Å². The first-order valence-corrected chi connectivity index (χ1v) is 7.76. The molecule has 0 amide bonds. The van der Waals surface area contributed by atoms with E-state index in [0.29, 0.717) is 17.8 Å². The Morgan fingerprint density at radius 3 is 2.81 bits per heavy atom. The summed E-state index contributed by atoms with van der Waals surface area (Å²) < 4.78 is 28.2. The monoisotopic (exact) mass is 325 g/mol. The van der Waals surface area contributed by atoms with Gasteiger partial charge < -0.3 is 5.73 Å². The molecule has 0 aliphatic heterocycles. The van der Waals surface area contributed by atoms with Crippen LogP contribution in [0.2, 0.25) is 5.02 Å². The Hall–Kier alpha value is -2.08. The Kier molecular flexibility index (Phi) is 4.47. The van der Waals surface area contributed by atoms with Crippen LogP contribution in [0, 0.1) is 11.3 Å². The molecule has 1 aromatic carbocycles. The summed E-state index contributed by atoms with van der Waals surface area (Å²) in [5, 5.41) is 12.7. The van der Waals surface area contributed by atoms with Crippen molar-refractivity contribution in [3.05, 3.63) is 41.2 Å². The van der Waals surface area contributed by atoms with E-state index in [9.17, 15) is 8.42 Å². The Bertz CT molecular complexity index is 794.